The van der Waals surface area contributed by atoms with Crippen molar-refractivity contribution in [1.82, 2.24) is 19.8 Å². The molecule has 1 saturated carbocycles. The molecule has 2 heterocycles. The molecule has 6 heteroatoms. The Morgan fingerprint density at radius 3 is 2.56 bits per heavy atom. The van der Waals surface area contributed by atoms with E-state index in [0.717, 1.165) is 51.1 Å². The minimum atomic E-state index is 0. The van der Waals surface area contributed by atoms with Gasteiger partial charge in [0.2, 0.25) is 5.91 Å². The van der Waals surface area contributed by atoms with Crippen molar-refractivity contribution in [3.63, 3.8) is 0 Å². The van der Waals surface area contributed by atoms with Gasteiger partial charge in [0.1, 0.15) is 11.9 Å². The fourth-order valence-electron chi connectivity index (χ4n) is 4.53. The van der Waals surface area contributed by atoms with Gasteiger partial charge in [-0.2, -0.15) is 0 Å². The van der Waals surface area contributed by atoms with Crippen LogP contribution in [0.2, 0.25) is 0 Å². The maximum Gasteiger partial charge on any atom is 0.226 e. The minimum Gasteiger partial charge on any atom is -0.336 e. The van der Waals surface area contributed by atoms with Gasteiger partial charge in [0.25, 0.3) is 0 Å². The second kappa shape index (κ2) is 8.89. The lowest BCUT2D eigenvalue weighted by Gasteiger charge is -2.39. The highest BCUT2D eigenvalue weighted by molar-refractivity contribution is 5.85. The van der Waals surface area contributed by atoms with Gasteiger partial charge >= 0.3 is 0 Å². The highest BCUT2D eigenvalue weighted by atomic mass is 35.5. The summed E-state index contributed by atoms with van der Waals surface area (Å²) in [6, 6.07) is 10.8. The summed E-state index contributed by atoms with van der Waals surface area (Å²) in [5.41, 5.74) is 1.42. The van der Waals surface area contributed by atoms with E-state index in [1.54, 1.807) is 0 Å². The Morgan fingerprint density at radius 1 is 1.15 bits per heavy atom. The molecule has 2 aliphatic rings. The summed E-state index contributed by atoms with van der Waals surface area (Å²) in [7, 11) is 2.00. The fourth-order valence-corrected chi connectivity index (χ4v) is 4.53. The van der Waals surface area contributed by atoms with E-state index in [-0.39, 0.29) is 24.4 Å². The average Bonchev–Trinajstić information content (AvgIpc) is 3.14. The van der Waals surface area contributed by atoms with Crippen LogP contribution < -0.4 is 5.32 Å². The van der Waals surface area contributed by atoms with Gasteiger partial charge in [-0.3, -0.25) is 4.79 Å². The molecule has 1 aromatic heterocycles. The Balaban J connectivity index is 0.00000210. The van der Waals surface area contributed by atoms with E-state index < -0.39 is 0 Å². The average molecular weight is 389 g/mol. The molecule has 5 nitrogen and oxygen atoms in total. The van der Waals surface area contributed by atoms with E-state index in [1.165, 1.54) is 5.56 Å². The lowest BCUT2D eigenvalue weighted by Crippen LogP contribution is -2.51. The third kappa shape index (κ3) is 4.19. The van der Waals surface area contributed by atoms with Crippen molar-refractivity contribution in [1.29, 1.82) is 0 Å². The van der Waals surface area contributed by atoms with E-state index in [2.05, 4.69) is 45.5 Å². The topological polar surface area (TPSA) is 50.2 Å². The van der Waals surface area contributed by atoms with E-state index in [1.807, 2.05) is 24.0 Å². The Hall–Kier alpha value is -1.85. The summed E-state index contributed by atoms with van der Waals surface area (Å²) < 4.78 is 2.03. The molecule has 1 unspecified atom stereocenters. The van der Waals surface area contributed by atoms with Crippen molar-refractivity contribution in [2.24, 2.45) is 13.0 Å². The lowest BCUT2D eigenvalue weighted by molar-refractivity contribution is -0.140. The van der Waals surface area contributed by atoms with Gasteiger partial charge < -0.3 is 14.8 Å². The number of rotatable bonds is 3. The first-order valence-electron chi connectivity index (χ1n) is 9.77. The third-order valence-electron chi connectivity index (χ3n) is 6.03. The number of nitrogens with zero attached hydrogens (tertiary/aromatic N) is 3. The van der Waals surface area contributed by atoms with Crippen LogP contribution in [0, 0.1) is 5.92 Å². The van der Waals surface area contributed by atoms with E-state index in [9.17, 15) is 4.79 Å². The van der Waals surface area contributed by atoms with Crippen LogP contribution in [-0.4, -0.2) is 40.0 Å². The Bertz CT molecular complexity index is 740. The van der Waals surface area contributed by atoms with Gasteiger partial charge in [0.05, 0.1) is 0 Å². The smallest absolute Gasteiger partial charge is 0.226 e. The number of imidazole rings is 1. The van der Waals surface area contributed by atoms with Crippen molar-refractivity contribution in [2.45, 2.75) is 37.6 Å². The van der Waals surface area contributed by atoms with E-state index in [4.69, 9.17) is 0 Å². The number of carbonyl (C=O) groups is 1. The first kappa shape index (κ1) is 19.9. The van der Waals surface area contributed by atoms with Crippen LogP contribution in [0.15, 0.2) is 42.7 Å². The highest BCUT2D eigenvalue weighted by Crippen LogP contribution is 2.37. The number of piperazine rings is 1. The zero-order chi connectivity index (χ0) is 17.9. The normalized spacial score (nSPS) is 25.7. The molecule has 4 rings (SSSR count). The van der Waals surface area contributed by atoms with Gasteiger partial charge in [0, 0.05) is 45.0 Å². The van der Waals surface area contributed by atoms with Crippen molar-refractivity contribution in [3.8, 4) is 0 Å². The zero-order valence-corrected chi connectivity index (χ0v) is 16.7. The second-order valence-corrected chi connectivity index (χ2v) is 7.61. The summed E-state index contributed by atoms with van der Waals surface area (Å²) in [4.78, 5) is 19.8. The van der Waals surface area contributed by atoms with Crippen LogP contribution in [0.1, 0.15) is 49.0 Å². The lowest BCUT2D eigenvalue weighted by atomic mass is 9.78. The molecule has 1 atom stereocenters. The first-order chi connectivity index (χ1) is 12.7. The van der Waals surface area contributed by atoms with E-state index >= 15 is 0 Å². The molecule has 0 spiro atoms. The largest absolute Gasteiger partial charge is 0.336 e. The standard InChI is InChI=1S/C21H28N4O.ClH/c1-24-13-12-23-20(24)19-15-22-11-14-25(19)21(26)18-9-7-17(8-10-18)16-5-3-2-4-6-16;/h2-6,12-13,17-19,22H,7-11,14-15H2,1H3;1H. The molecule has 27 heavy (non-hydrogen) atoms. The van der Waals surface area contributed by atoms with Gasteiger partial charge in [-0.1, -0.05) is 30.3 Å². The molecular weight excluding hydrogens is 360 g/mol. The number of benzene rings is 1. The first-order valence-corrected chi connectivity index (χ1v) is 9.77. The summed E-state index contributed by atoms with van der Waals surface area (Å²) in [6.07, 6.45) is 7.99. The number of carbonyl (C=O) groups excluding carboxylic acids is 1. The molecule has 2 fully saturated rings. The van der Waals surface area contributed by atoms with Crippen LogP contribution in [0.5, 0.6) is 0 Å². The van der Waals surface area contributed by atoms with Crippen LogP contribution in [0.25, 0.3) is 0 Å². The summed E-state index contributed by atoms with van der Waals surface area (Å²) in [5, 5.41) is 3.42. The third-order valence-corrected chi connectivity index (χ3v) is 6.03. The number of aryl methyl sites for hydroxylation is 1. The molecule has 1 N–H and O–H groups in total. The number of aromatic nitrogens is 2. The van der Waals surface area contributed by atoms with Crippen LogP contribution in [0.4, 0.5) is 0 Å². The Kier molecular flexibility index (Phi) is 6.55. The minimum absolute atomic E-state index is 0. The molecule has 0 bridgehead atoms. The van der Waals surface area contributed by atoms with Gasteiger partial charge in [0.15, 0.2) is 0 Å². The summed E-state index contributed by atoms with van der Waals surface area (Å²) in [5.74, 6) is 2.07. The quantitative estimate of drug-likeness (QED) is 0.877. The molecule has 1 amide bonds. The number of hydrogen-bond donors (Lipinski definition) is 1. The maximum absolute atomic E-state index is 13.3. The molecule has 1 aliphatic carbocycles. The van der Waals surface area contributed by atoms with Crippen molar-refractivity contribution >= 4 is 18.3 Å². The van der Waals surface area contributed by atoms with E-state index in [0.29, 0.717) is 11.8 Å². The number of halogens is 1. The van der Waals surface area contributed by atoms with Crippen LogP contribution in [0.3, 0.4) is 0 Å². The number of hydrogen-bond acceptors (Lipinski definition) is 3. The molecule has 1 aromatic carbocycles. The van der Waals surface area contributed by atoms with Gasteiger partial charge in [-0.05, 0) is 37.2 Å². The fraction of sp³-hybridized carbons (Fsp3) is 0.524. The van der Waals surface area contributed by atoms with Crippen molar-refractivity contribution in [3.05, 3.63) is 54.1 Å². The molecule has 1 aliphatic heterocycles. The molecule has 2 aromatic rings. The summed E-state index contributed by atoms with van der Waals surface area (Å²) >= 11 is 0. The Morgan fingerprint density at radius 2 is 1.89 bits per heavy atom. The van der Waals surface area contributed by atoms with Crippen LogP contribution >= 0.6 is 12.4 Å². The summed E-state index contributed by atoms with van der Waals surface area (Å²) in [6.45, 7) is 2.43. The van der Waals surface area contributed by atoms with Crippen molar-refractivity contribution in [2.75, 3.05) is 19.6 Å². The second-order valence-electron chi connectivity index (χ2n) is 7.61. The number of nitrogens with one attached hydrogen (secondary N) is 1. The van der Waals surface area contributed by atoms with Gasteiger partial charge in [-0.15, -0.1) is 12.4 Å². The molecule has 146 valence electrons. The predicted octanol–water partition coefficient (Wildman–Crippen LogP) is 3.29. The predicted molar refractivity (Wildman–Crippen MR) is 109 cm³/mol. The molecule has 0 radical (unpaired) electrons. The maximum atomic E-state index is 13.3. The Labute approximate surface area is 167 Å². The zero-order valence-electron chi connectivity index (χ0n) is 15.9. The number of amides is 1. The molecule has 1 saturated heterocycles. The highest BCUT2D eigenvalue weighted by Gasteiger charge is 2.36. The monoisotopic (exact) mass is 388 g/mol. The van der Waals surface area contributed by atoms with Crippen molar-refractivity contribution < 1.29 is 4.79 Å². The van der Waals surface area contributed by atoms with Gasteiger partial charge in [-0.25, -0.2) is 4.98 Å². The molecular formula is C21H29ClN4O. The SMILES string of the molecule is Cl.Cn1ccnc1C1CNCCN1C(=O)C1CCC(c2ccccc2)CC1. The van der Waals surface area contributed by atoms with Crippen LogP contribution in [-0.2, 0) is 11.8 Å².